The number of methoxy groups -OCH3 is 1. The van der Waals surface area contributed by atoms with Gasteiger partial charge in [0.05, 0.1) is 12.7 Å². The second kappa shape index (κ2) is 3.25. The molecule has 3 heteroatoms. The van der Waals surface area contributed by atoms with Crippen LogP contribution in [-0.4, -0.2) is 22.8 Å². The molecule has 1 aromatic heterocycles. The lowest BCUT2D eigenvalue weighted by Crippen LogP contribution is -2.11. The maximum absolute atomic E-state index is 9.96. The molecule has 0 aliphatic heterocycles. The van der Waals surface area contributed by atoms with E-state index in [1.165, 1.54) is 0 Å². The molecule has 1 saturated carbocycles. The highest BCUT2D eigenvalue weighted by atomic mass is 16.5. The lowest BCUT2D eigenvalue weighted by atomic mass is 10.0. The van der Waals surface area contributed by atoms with Gasteiger partial charge in [-0.05, 0) is 36.6 Å². The molecule has 2 N–H and O–H groups in total. The molecule has 0 radical (unpaired) electrons. The average Bonchev–Trinajstić information content (AvgIpc) is 2.82. The van der Waals surface area contributed by atoms with E-state index in [1.807, 2.05) is 18.3 Å². The van der Waals surface area contributed by atoms with Crippen LogP contribution in [0, 0.1) is 0 Å². The Morgan fingerprint density at radius 3 is 2.94 bits per heavy atom. The maximum atomic E-state index is 9.96. The van der Waals surface area contributed by atoms with E-state index < -0.39 is 5.60 Å². The molecule has 16 heavy (non-hydrogen) atoms. The molecule has 0 amide bonds. The molecule has 0 unspecified atom stereocenters. The third-order valence-corrected chi connectivity index (χ3v) is 3.30. The summed E-state index contributed by atoms with van der Waals surface area (Å²) in [6.07, 6.45) is 4.41. The highest BCUT2D eigenvalue weighted by molar-refractivity contribution is 5.82. The van der Waals surface area contributed by atoms with Crippen molar-refractivity contribution in [2.75, 3.05) is 7.11 Å². The van der Waals surface area contributed by atoms with Crippen LogP contribution in [0.25, 0.3) is 10.9 Å². The fraction of sp³-hybridized carbons (Fsp3) is 0.385. The summed E-state index contributed by atoms with van der Waals surface area (Å²) in [4.78, 5) is 3.18. The van der Waals surface area contributed by atoms with Crippen molar-refractivity contribution in [3.8, 4) is 5.75 Å². The Hall–Kier alpha value is -1.48. The number of aromatic amines is 1. The number of aliphatic hydroxyl groups is 1. The number of nitrogens with one attached hydrogen (secondary N) is 1. The molecule has 0 atom stereocenters. The molecule has 1 aliphatic rings. The van der Waals surface area contributed by atoms with E-state index >= 15 is 0 Å². The van der Waals surface area contributed by atoms with Crippen molar-refractivity contribution in [2.45, 2.75) is 24.9 Å². The number of rotatable bonds is 3. The molecule has 0 bridgehead atoms. The Balaban J connectivity index is 2.05. The third-order valence-electron chi connectivity index (χ3n) is 3.30. The van der Waals surface area contributed by atoms with Gasteiger partial charge in [0.1, 0.15) is 5.75 Å². The van der Waals surface area contributed by atoms with E-state index in [-0.39, 0.29) is 0 Å². The van der Waals surface area contributed by atoms with Crippen molar-refractivity contribution in [1.29, 1.82) is 0 Å². The van der Waals surface area contributed by atoms with Crippen LogP contribution in [0.2, 0.25) is 0 Å². The van der Waals surface area contributed by atoms with Gasteiger partial charge in [-0.3, -0.25) is 0 Å². The molecule has 3 rings (SSSR count). The Bertz CT molecular complexity index is 526. The van der Waals surface area contributed by atoms with E-state index in [4.69, 9.17) is 4.74 Å². The van der Waals surface area contributed by atoms with Gasteiger partial charge in [0.15, 0.2) is 0 Å². The monoisotopic (exact) mass is 217 g/mol. The summed E-state index contributed by atoms with van der Waals surface area (Å²) in [5.74, 6) is 0.868. The predicted molar refractivity (Wildman–Crippen MR) is 62.7 cm³/mol. The van der Waals surface area contributed by atoms with Gasteiger partial charge in [-0.25, -0.2) is 0 Å². The van der Waals surface area contributed by atoms with Crippen molar-refractivity contribution in [3.05, 3.63) is 30.0 Å². The molecule has 84 valence electrons. The Morgan fingerprint density at radius 1 is 1.44 bits per heavy atom. The van der Waals surface area contributed by atoms with Crippen LogP contribution >= 0.6 is 0 Å². The first-order chi connectivity index (χ1) is 7.70. The summed E-state index contributed by atoms with van der Waals surface area (Å²) in [6.45, 7) is 0. The predicted octanol–water partition coefficient (Wildman–Crippen LogP) is 2.24. The summed E-state index contributed by atoms with van der Waals surface area (Å²) in [6, 6.07) is 6.12. The van der Waals surface area contributed by atoms with Crippen LogP contribution in [0.4, 0.5) is 0 Å². The van der Waals surface area contributed by atoms with Crippen molar-refractivity contribution in [2.24, 2.45) is 0 Å². The second-order valence-electron chi connectivity index (χ2n) is 4.63. The van der Waals surface area contributed by atoms with E-state index in [0.29, 0.717) is 6.42 Å². The molecule has 2 aromatic rings. The first kappa shape index (κ1) is 9.73. The van der Waals surface area contributed by atoms with Crippen LogP contribution in [0.3, 0.4) is 0 Å². The van der Waals surface area contributed by atoms with Gasteiger partial charge in [-0.1, -0.05) is 0 Å². The number of hydrogen-bond acceptors (Lipinski definition) is 2. The number of benzene rings is 1. The number of H-pyrrole nitrogens is 1. The zero-order chi connectivity index (χ0) is 11.2. The van der Waals surface area contributed by atoms with Crippen molar-refractivity contribution in [3.63, 3.8) is 0 Å². The second-order valence-corrected chi connectivity index (χ2v) is 4.63. The van der Waals surface area contributed by atoms with Gasteiger partial charge in [-0.15, -0.1) is 0 Å². The summed E-state index contributed by atoms with van der Waals surface area (Å²) >= 11 is 0. The van der Waals surface area contributed by atoms with Crippen LogP contribution in [-0.2, 0) is 6.42 Å². The van der Waals surface area contributed by atoms with Crippen molar-refractivity contribution in [1.82, 2.24) is 4.98 Å². The molecule has 1 aliphatic carbocycles. The van der Waals surface area contributed by atoms with Gasteiger partial charge >= 0.3 is 0 Å². The summed E-state index contributed by atoms with van der Waals surface area (Å²) in [5.41, 5.74) is 1.70. The van der Waals surface area contributed by atoms with Crippen molar-refractivity contribution < 1.29 is 9.84 Å². The third kappa shape index (κ3) is 1.57. The lowest BCUT2D eigenvalue weighted by molar-refractivity contribution is 0.150. The SMILES string of the molecule is COc1cc2cc[nH]c2cc1CC1(O)CC1. The Labute approximate surface area is 94.0 Å². The van der Waals surface area contributed by atoms with Crippen LogP contribution in [0.15, 0.2) is 24.4 Å². The summed E-state index contributed by atoms with van der Waals surface area (Å²) < 4.78 is 5.37. The fourth-order valence-corrected chi connectivity index (χ4v) is 2.13. The van der Waals surface area contributed by atoms with Gasteiger partial charge in [0, 0.05) is 23.5 Å². The molecule has 1 heterocycles. The normalized spacial score (nSPS) is 17.6. The van der Waals surface area contributed by atoms with Gasteiger partial charge < -0.3 is 14.8 Å². The highest BCUT2D eigenvalue weighted by Crippen LogP contribution is 2.40. The van der Waals surface area contributed by atoms with E-state index in [9.17, 15) is 5.11 Å². The van der Waals surface area contributed by atoms with Gasteiger partial charge in [0.25, 0.3) is 0 Å². The number of hydrogen-bond donors (Lipinski definition) is 2. The zero-order valence-corrected chi connectivity index (χ0v) is 9.29. The lowest BCUT2D eigenvalue weighted by Gasteiger charge is -2.12. The highest BCUT2D eigenvalue weighted by Gasteiger charge is 2.40. The number of fused-ring (bicyclic) bond motifs is 1. The minimum absolute atomic E-state index is 0.479. The minimum atomic E-state index is -0.479. The average molecular weight is 217 g/mol. The smallest absolute Gasteiger partial charge is 0.122 e. The molecular formula is C13H15NO2. The van der Waals surface area contributed by atoms with Crippen molar-refractivity contribution >= 4 is 10.9 Å². The molecule has 1 fully saturated rings. The standard InChI is InChI=1S/C13H15NO2/c1-16-12-7-9-2-5-14-11(9)6-10(12)8-13(15)3-4-13/h2,5-7,14-15H,3-4,8H2,1H3. The zero-order valence-electron chi connectivity index (χ0n) is 9.29. The quantitative estimate of drug-likeness (QED) is 0.828. The van der Waals surface area contributed by atoms with Crippen LogP contribution in [0.1, 0.15) is 18.4 Å². The number of aromatic nitrogens is 1. The van der Waals surface area contributed by atoms with E-state index in [2.05, 4.69) is 11.1 Å². The van der Waals surface area contributed by atoms with Gasteiger partial charge in [-0.2, -0.15) is 0 Å². The van der Waals surface area contributed by atoms with Crippen LogP contribution < -0.4 is 4.74 Å². The number of ether oxygens (including phenoxy) is 1. The molecule has 3 nitrogen and oxygen atoms in total. The van der Waals surface area contributed by atoms with Gasteiger partial charge in [0.2, 0.25) is 0 Å². The Morgan fingerprint density at radius 2 is 2.25 bits per heavy atom. The first-order valence-corrected chi connectivity index (χ1v) is 5.57. The Kier molecular flexibility index (Phi) is 1.98. The fourth-order valence-electron chi connectivity index (χ4n) is 2.13. The summed E-state index contributed by atoms with van der Waals surface area (Å²) in [5, 5.41) is 11.1. The van der Waals surface area contributed by atoms with Crippen LogP contribution in [0.5, 0.6) is 5.75 Å². The summed E-state index contributed by atoms with van der Waals surface area (Å²) in [7, 11) is 1.67. The molecule has 1 aromatic carbocycles. The van der Waals surface area contributed by atoms with E-state index in [0.717, 1.165) is 35.1 Å². The molecule has 0 saturated heterocycles. The maximum Gasteiger partial charge on any atom is 0.122 e. The topological polar surface area (TPSA) is 45.2 Å². The largest absolute Gasteiger partial charge is 0.496 e. The molecule has 0 spiro atoms. The minimum Gasteiger partial charge on any atom is -0.496 e. The first-order valence-electron chi connectivity index (χ1n) is 5.57. The van der Waals surface area contributed by atoms with E-state index in [1.54, 1.807) is 7.11 Å². The molecular weight excluding hydrogens is 202 g/mol.